The molecule has 0 spiro atoms. The largest absolute Gasteiger partial charge is 0.497 e. The number of ether oxygens (including phenoxy) is 3. The van der Waals surface area contributed by atoms with Crippen molar-refractivity contribution < 1.29 is 19.0 Å². The molecule has 0 aliphatic carbocycles. The van der Waals surface area contributed by atoms with Gasteiger partial charge in [0.05, 0.1) is 38.4 Å². The first kappa shape index (κ1) is 26.3. The molecule has 39 heavy (non-hydrogen) atoms. The third kappa shape index (κ3) is 5.48. The number of aryl methyl sites for hydroxylation is 1. The second-order valence-corrected chi connectivity index (χ2v) is 9.49. The fourth-order valence-corrected chi connectivity index (χ4v) is 4.99. The van der Waals surface area contributed by atoms with Gasteiger partial charge in [-0.2, -0.15) is 5.10 Å². The number of H-pyrrole nitrogens is 1. The molecule has 204 valence electrons. The predicted octanol–water partition coefficient (Wildman–Crippen LogP) is 5.49. The highest BCUT2D eigenvalue weighted by Gasteiger charge is 2.42. The van der Waals surface area contributed by atoms with Crippen LogP contribution in [0, 0.1) is 0 Å². The summed E-state index contributed by atoms with van der Waals surface area (Å²) >= 11 is 0. The lowest BCUT2D eigenvalue weighted by atomic mass is 9.95. The Kier molecular flexibility index (Phi) is 8.15. The van der Waals surface area contributed by atoms with Crippen LogP contribution in [0.1, 0.15) is 60.8 Å². The number of imidazole rings is 1. The van der Waals surface area contributed by atoms with Crippen LogP contribution >= 0.6 is 0 Å². The number of aromatic amines is 1. The molecule has 1 unspecified atom stereocenters. The van der Waals surface area contributed by atoms with Crippen molar-refractivity contribution >= 4 is 5.91 Å². The molecule has 9 nitrogen and oxygen atoms in total. The van der Waals surface area contributed by atoms with Gasteiger partial charge in [-0.25, -0.2) is 4.98 Å². The topological polar surface area (TPSA) is 94.5 Å². The third-order valence-corrected chi connectivity index (χ3v) is 6.94. The Morgan fingerprint density at radius 1 is 1.00 bits per heavy atom. The summed E-state index contributed by atoms with van der Waals surface area (Å²) in [6.07, 6.45) is 8.30. The molecule has 1 aliphatic rings. The van der Waals surface area contributed by atoms with Gasteiger partial charge in [-0.05, 0) is 61.7 Å². The van der Waals surface area contributed by atoms with E-state index in [1.54, 1.807) is 19.6 Å². The van der Waals surface area contributed by atoms with Gasteiger partial charge in [-0.15, -0.1) is 0 Å². The van der Waals surface area contributed by atoms with Crippen LogP contribution in [-0.2, 0) is 6.54 Å². The summed E-state index contributed by atoms with van der Waals surface area (Å²) in [6.45, 7) is 6.58. The summed E-state index contributed by atoms with van der Waals surface area (Å²) in [5, 5.41) is 7.63. The average Bonchev–Trinajstić information content (AvgIpc) is 3.69. The lowest BCUT2D eigenvalue weighted by Gasteiger charge is -2.27. The maximum Gasteiger partial charge on any atom is 0.273 e. The molecule has 9 heteroatoms. The zero-order chi connectivity index (χ0) is 27.2. The van der Waals surface area contributed by atoms with E-state index in [0.717, 1.165) is 53.9 Å². The molecule has 2 aromatic carbocycles. The highest BCUT2D eigenvalue weighted by Crippen LogP contribution is 2.44. The van der Waals surface area contributed by atoms with E-state index in [4.69, 9.17) is 14.2 Å². The summed E-state index contributed by atoms with van der Waals surface area (Å²) in [7, 11) is 1.64. The van der Waals surface area contributed by atoms with E-state index in [1.807, 2.05) is 65.1 Å². The third-order valence-electron chi connectivity index (χ3n) is 6.94. The zero-order valence-corrected chi connectivity index (χ0v) is 22.7. The highest BCUT2D eigenvalue weighted by molar-refractivity contribution is 6.00. The number of hydrogen-bond acceptors (Lipinski definition) is 6. The molecule has 1 aliphatic heterocycles. The van der Waals surface area contributed by atoms with Gasteiger partial charge in [-0.3, -0.25) is 9.89 Å². The normalized spacial score (nSPS) is 14.5. The molecule has 0 fully saturated rings. The molecule has 1 amide bonds. The van der Waals surface area contributed by atoms with E-state index in [1.165, 1.54) is 0 Å². The van der Waals surface area contributed by atoms with Crippen LogP contribution in [0.15, 0.2) is 61.2 Å². The molecule has 5 rings (SSSR count). The van der Waals surface area contributed by atoms with Crippen LogP contribution in [0.3, 0.4) is 0 Å². The maximum atomic E-state index is 13.7. The number of rotatable bonds is 13. The smallest absolute Gasteiger partial charge is 0.273 e. The summed E-state index contributed by atoms with van der Waals surface area (Å²) in [5.74, 6) is 2.10. The fraction of sp³-hybridized carbons (Fsp3) is 0.367. The van der Waals surface area contributed by atoms with Crippen molar-refractivity contribution in [1.82, 2.24) is 24.6 Å². The first-order chi connectivity index (χ1) is 19.1. The minimum Gasteiger partial charge on any atom is -0.497 e. The Balaban J connectivity index is 1.53. The van der Waals surface area contributed by atoms with Crippen LogP contribution in [0.2, 0.25) is 0 Å². The Labute approximate surface area is 228 Å². The number of benzene rings is 2. The summed E-state index contributed by atoms with van der Waals surface area (Å²) < 4.78 is 19.4. The number of fused-ring (bicyclic) bond motifs is 1. The molecular formula is C30H35N5O4. The van der Waals surface area contributed by atoms with Gasteiger partial charge >= 0.3 is 0 Å². The van der Waals surface area contributed by atoms with Gasteiger partial charge in [0.15, 0.2) is 11.5 Å². The van der Waals surface area contributed by atoms with Crippen LogP contribution in [0.4, 0.5) is 0 Å². The van der Waals surface area contributed by atoms with Gasteiger partial charge in [0.25, 0.3) is 5.91 Å². The molecule has 0 saturated carbocycles. The Morgan fingerprint density at radius 2 is 1.85 bits per heavy atom. The number of hydrogen-bond donors (Lipinski definition) is 1. The fourth-order valence-electron chi connectivity index (χ4n) is 4.99. The van der Waals surface area contributed by atoms with E-state index >= 15 is 0 Å². The van der Waals surface area contributed by atoms with Gasteiger partial charge in [0.1, 0.15) is 11.4 Å². The molecule has 0 bridgehead atoms. The molecular weight excluding hydrogens is 494 g/mol. The highest BCUT2D eigenvalue weighted by atomic mass is 16.5. The number of carbonyl (C=O) groups is 1. The SMILES string of the molecule is CCCCOc1ccc(C2c3c(-c4ccc(OC)cc4)n[nH]c3C(=O)N2CCCn2ccnc2)cc1OCC. The summed E-state index contributed by atoms with van der Waals surface area (Å²) in [5.41, 5.74) is 4.01. The van der Waals surface area contributed by atoms with E-state index in [-0.39, 0.29) is 11.9 Å². The molecule has 4 aromatic rings. The number of nitrogens with one attached hydrogen (secondary N) is 1. The lowest BCUT2D eigenvalue weighted by Crippen LogP contribution is -2.31. The maximum absolute atomic E-state index is 13.7. The molecule has 2 aromatic heterocycles. The van der Waals surface area contributed by atoms with Crippen molar-refractivity contribution in [3.63, 3.8) is 0 Å². The second-order valence-electron chi connectivity index (χ2n) is 9.49. The minimum absolute atomic E-state index is 0.0610. The monoisotopic (exact) mass is 529 g/mol. The van der Waals surface area contributed by atoms with E-state index in [0.29, 0.717) is 37.0 Å². The van der Waals surface area contributed by atoms with Gasteiger partial charge in [0.2, 0.25) is 0 Å². The standard InChI is InChI=1S/C30H35N5O4/c1-4-6-18-39-24-13-10-22(19-25(24)38-5-2)29-26-27(21-8-11-23(37-3)12-9-21)32-33-28(26)30(36)35(29)16-7-15-34-17-14-31-20-34/h8-14,17,19-20,29H,4-7,15-16,18H2,1-3H3,(H,32,33). The molecule has 3 heterocycles. The Hall–Kier alpha value is -4.27. The number of methoxy groups -OCH3 is 1. The first-order valence-electron chi connectivity index (χ1n) is 13.5. The van der Waals surface area contributed by atoms with Crippen molar-refractivity contribution in [1.29, 1.82) is 0 Å². The molecule has 1 atom stereocenters. The van der Waals surface area contributed by atoms with Crippen molar-refractivity contribution in [2.45, 2.75) is 45.7 Å². The second kappa shape index (κ2) is 12.1. The van der Waals surface area contributed by atoms with Crippen molar-refractivity contribution in [3.8, 4) is 28.5 Å². The molecule has 0 radical (unpaired) electrons. The number of carbonyl (C=O) groups excluding carboxylic acids is 1. The first-order valence-corrected chi connectivity index (χ1v) is 13.5. The van der Waals surface area contributed by atoms with Crippen LogP contribution < -0.4 is 14.2 Å². The van der Waals surface area contributed by atoms with Gasteiger partial charge < -0.3 is 23.7 Å². The number of nitrogens with zero attached hydrogens (tertiary/aromatic N) is 4. The lowest BCUT2D eigenvalue weighted by molar-refractivity contribution is 0.0739. The van der Waals surface area contributed by atoms with E-state index < -0.39 is 0 Å². The van der Waals surface area contributed by atoms with Crippen LogP contribution in [0.25, 0.3) is 11.3 Å². The summed E-state index contributed by atoms with van der Waals surface area (Å²) in [4.78, 5) is 19.8. The van der Waals surface area contributed by atoms with Crippen molar-refractivity contribution in [3.05, 3.63) is 78.0 Å². The van der Waals surface area contributed by atoms with Gasteiger partial charge in [0, 0.05) is 36.6 Å². The zero-order valence-electron chi connectivity index (χ0n) is 22.7. The predicted molar refractivity (Wildman–Crippen MR) is 148 cm³/mol. The molecule has 1 N–H and O–H groups in total. The number of aromatic nitrogens is 4. The Morgan fingerprint density at radius 3 is 2.56 bits per heavy atom. The van der Waals surface area contributed by atoms with E-state index in [2.05, 4.69) is 22.1 Å². The quantitative estimate of drug-likeness (QED) is 0.230. The molecule has 0 saturated heterocycles. The average molecular weight is 530 g/mol. The van der Waals surface area contributed by atoms with E-state index in [9.17, 15) is 4.79 Å². The number of unbranched alkanes of at least 4 members (excludes halogenated alkanes) is 1. The van der Waals surface area contributed by atoms with Gasteiger partial charge in [-0.1, -0.05) is 19.4 Å². The summed E-state index contributed by atoms with van der Waals surface area (Å²) in [6, 6.07) is 13.4. The van der Waals surface area contributed by atoms with Crippen LogP contribution in [0.5, 0.6) is 17.2 Å². The van der Waals surface area contributed by atoms with Crippen molar-refractivity contribution in [2.24, 2.45) is 0 Å². The number of amides is 1. The Bertz CT molecular complexity index is 1380. The van der Waals surface area contributed by atoms with Crippen molar-refractivity contribution in [2.75, 3.05) is 26.9 Å². The van der Waals surface area contributed by atoms with Crippen LogP contribution in [-0.4, -0.2) is 57.4 Å². The minimum atomic E-state index is -0.324.